The molecule has 4 N–H and O–H groups in total. The third-order valence-corrected chi connectivity index (χ3v) is 3.12. The van der Waals surface area contributed by atoms with E-state index in [0.717, 1.165) is 11.1 Å². The predicted octanol–water partition coefficient (Wildman–Crippen LogP) is 1.81. The Bertz CT molecular complexity index is 499. The molecule has 1 amide bonds. The molecule has 2 aromatic carbocycles. The zero-order valence-corrected chi connectivity index (χ0v) is 13.3. The Labute approximate surface area is 132 Å². The van der Waals surface area contributed by atoms with Crippen LogP contribution < -0.4 is 11.5 Å². The molecule has 0 aliphatic carbocycles. The molecule has 0 fully saturated rings. The summed E-state index contributed by atoms with van der Waals surface area (Å²) >= 11 is 0. The van der Waals surface area contributed by atoms with Crippen LogP contribution in [-0.4, -0.2) is 38.0 Å². The van der Waals surface area contributed by atoms with E-state index in [1.807, 2.05) is 60.7 Å². The molecule has 0 saturated carbocycles. The highest BCUT2D eigenvalue weighted by Gasteiger charge is 2.23. The van der Waals surface area contributed by atoms with E-state index in [0.29, 0.717) is 13.1 Å². The highest BCUT2D eigenvalue weighted by atomic mass is 16.2. The Morgan fingerprint density at radius 1 is 0.864 bits per heavy atom. The van der Waals surface area contributed by atoms with Gasteiger partial charge in [0, 0.05) is 27.2 Å². The van der Waals surface area contributed by atoms with E-state index in [2.05, 4.69) is 0 Å². The summed E-state index contributed by atoms with van der Waals surface area (Å²) < 4.78 is 0. The average Bonchev–Trinajstić information content (AvgIpc) is 2.57. The molecular formula is C18H25N3O. The Morgan fingerprint density at radius 3 is 1.50 bits per heavy atom. The number of amides is 1. The van der Waals surface area contributed by atoms with Gasteiger partial charge in [-0.25, -0.2) is 0 Å². The van der Waals surface area contributed by atoms with E-state index in [1.54, 1.807) is 19.0 Å². The van der Waals surface area contributed by atoms with Gasteiger partial charge >= 0.3 is 0 Å². The van der Waals surface area contributed by atoms with Crippen LogP contribution in [0.4, 0.5) is 0 Å². The first-order chi connectivity index (χ1) is 10.6. The molecule has 0 radical (unpaired) electrons. The smallest absolute Gasteiger partial charge is 0.234 e. The van der Waals surface area contributed by atoms with Crippen molar-refractivity contribution in [2.45, 2.75) is 5.92 Å². The van der Waals surface area contributed by atoms with Crippen LogP contribution in [0.25, 0.3) is 0 Å². The van der Waals surface area contributed by atoms with Crippen molar-refractivity contribution >= 4 is 5.91 Å². The molecular weight excluding hydrogens is 274 g/mol. The van der Waals surface area contributed by atoms with Gasteiger partial charge in [-0.2, -0.15) is 0 Å². The Balaban J connectivity index is 0.000000541. The lowest BCUT2D eigenvalue weighted by molar-refractivity contribution is -0.129. The molecule has 0 bridgehead atoms. The highest BCUT2D eigenvalue weighted by Crippen LogP contribution is 2.25. The lowest BCUT2D eigenvalue weighted by Crippen LogP contribution is -2.28. The van der Waals surface area contributed by atoms with Crippen molar-refractivity contribution in [2.75, 3.05) is 27.2 Å². The van der Waals surface area contributed by atoms with Crippen LogP contribution >= 0.6 is 0 Å². The number of likely N-dealkylation sites (N-methyl/N-ethyl adjacent to an activating group) is 1. The molecule has 0 heterocycles. The van der Waals surface area contributed by atoms with Gasteiger partial charge in [0.05, 0.1) is 5.92 Å². The Hall–Kier alpha value is -2.17. The predicted molar refractivity (Wildman–Crippen MR) is 91.5 cm³/mol. The highest BCUT2D eigenvalue weighted by molar-refractivity contribution is 5.86. The summed E-state index contributed by atoms with van der Waals surface area (Å²) in [6.45, 7) is 1.19. The number of rotatable bonds is 4. The number of hydrogen-bond donors (Lipinski definition) is 2. The summed E-state index contributed by atoms with van der Waals surface area (Å²) in [7, 11) is 3.59. The molecule has 4 heteroatoms. The quantitative estimate of drug-likeness (QED) is 0.904. The fourth-order valence-corrected chi connectivity index (χ4v) is 2.03. The number of carbonyl (C=O) groups excluding carboxylic acids is 1. The van der Waals surface area contributed by atoms with Crippen molar-refractivity contribution < 1.29 is 4.79 Å². The van der Waals surface area contributed by atoms with E-state index in [4.69, 9.17) is 11.5 Å². The number of nitrogens with zero attached hydrogens (tertiary/aromatic N) is 1. The molecule has 0 spiro atoms. The molecule has 0 aliphatic heterocycles. The molecule has 0 unspecified atom stereocenters. The fourth-order valence-electron chi connectivity index (χ4n) is 2.03. The van der Waals surface area contributed by atoms with Gasteiger partial charge in [-0.3, -0.25) is 4.79 Å². The van der Waals surface area contributed by atoms with Gasteiger partial charge in [-0.05, 0) is 11.1 Å². The van der Waals surface area contributed by atoms with Crippen molar-refractivity contribution in [1.29, 1.82) is 0 Å². The summed E-state index contributed by atoms with van der Waals surface area (Å²) in [6.07, 6.45) is 0. The summed E-state index contributed by atoms with van der Waals surface area (Å²) in [4.78, 5) is 14.0. The minimum absolute atomic E-state index is 0.104. The fraction of sp³-hybridized carbons (Fsp3) is 0.278. The molecule has 0 aromatic heterocycles. The third-order valence-electron chi connectivity index (χ3n) is 3.12. The van der Waals surface area contributed by atoms with E-state index < -0.39 is 0 Å². The van der Waals surface area contributed by atoms with Crippen LogP contribution in [0.1, 0.15) is 17.0 Å². The molecule has 2 aromatic rings. The van der Waals surface area contributed by atoms with Crippen molar-refractivity contribution in [2.24, 2.45) is 11.5 Å². The lowest BCUT2D eigenvalue weighted by atomic mass is 9.90. The van der Waals surface area contributed by atoms with Gasteiger partial charge in [-0.1, -0.05) is 60.7 Å². The first kappa shape index (κ1) is 17.9. The van der Waals surface area contributed by atoms with Gasteiger partial charge in [-0.15, -0.1) is 0 Å². The second kappa shape index (κ2) is 9.71. The SMILES string of the molecule is CN(C)C(=O)C(c1ccccc1)c1ccccc1.NCCN. The zero-order chi connectivity index (χ0) is 16.4. The normalized spacial score (nSPS) is 9.86. The van der Waals surface area contributed by atoms with Crippen molar-refractivity contribution in [3.8, 4) is 0 Å². The van der Waals surface area contributed by atoms with Crippen LogP contribution in [0.2, 0.25) is 0 Å². The van der Waals surface area contributed by atoms with Gasteiger partial charge in [0.15, 0.2) is 0 Å². The monoisotopic (exact) mass is 299 g/mol. The van der Waals surface area contributed by atoms with Crippen LogP contribution in [0.3, 0.4) is 0 Å². The summed E-state index contributed by atoms with van der Waals surface area (Å²) in [5.74, 6) is -0.116. The van der Waals surface area contributed by atoms with Crippen molar-refractivity contribution in [3.63, 3.8) is 0 Å². The Morgan fingerprint density at radius 2 is 1.23 bits per heavy atom. The molecule has 0 aliphatic rings. The van der Waals surface area contributed by atoms with Crippen LogP contribution in [0.5, 0.6) is 0 Å². The number of nitrogens with two attached hydrogens (primary N) is 2. The van der Waals surface area contributed by atoms with Crippen LogP contribution in [0, 0.1) is 0 Å². The van der Waals surface area contributed by atoms with Crippen molar-refractivity contribution in [1.82, 2.24) is 4.90 Å². The minimum Gasteiger partial charge on any atom is -0.348 e. The maximum absolute atomic E-state index is 12.4. The lowest BCUT2D eigenvalue weighted by Gasteiger charge is -2.21. The minimum atomic E-state index is -0.220. The van der Waals surface area contributed by atoms with Crippen LogP contribution in [0.15, 0.2) is 60.7 Å². The van der Waals surface area contributed by atoms with Gasteiger partial charge < -0.3 is 16.4 Å². The van der Waals surface area contributed by atoms with E-state index in [-0.39, 0.29) is 11.8 Å². The molecule has 22 heavy (non-hydrogen) atoms. The maximum Gasteiger partial charge on any atom is 0.234 e. The molecule has 4 nitrogen and oxygen atoms in total. The van der Waals surface area contributed by atoms with E-state index in [9.17, 15) is 4.79 Å². The van der Waals surface area contributed by atoms with E-state index >= 15 is 0 Å². The van der Waals surface area contributed by atoms with E-state index in [1.165, 1.54) is 0 Å². The Kier molecular flexibility index (Phi) is 7.89. The molecule has 0 atom stereocenters. The zero-order valence-electron chi connectivity index (χ0n) is 13.3. The molecule has 118 valence electrons. The van der Waals surface area contributed by atoms with Crippen LogP contribution in [-0.2, 0) is 4.79 Å². The van der Waals surface area contributed by atoms with Crippen molar-refractivity contribution in [3.05, 3.63) is 71.8 Å². The number of hydrogen-bond acceptors (Lipinski definition) is 3. The molecule has 2 rings (SSSR count). The maximum atomic E-state index is 12.4. The first-order valence-electron chi connectivity index (χ1n) is 7.33. The topological polar surface area (TPSA) is 72.3 Å². The number of benzene rings is 2. The average molecular weight is 299 g/mol. The van der Waals surface area contributed by atoms with Gasteiger partial charge in [0.1, 0.15) is 0 Å². The standard InChI is InChI=1S/C16H17NO.C2H8N2/c1-17(2)16(18)15(13-9-5-3-6-10-13)14-11-7-4-8-12-14;3-1-2-4/h3-12,15H,1-2H3;1-4H2. The number of carbonyl (C=O) groups is 1. The molecule has 0 saturated heterocycles. The second-order valence-electron chi connectivity index (χ2n) is 5.06. The van der Waals surface area contributed by atoms with Gasteiger partial charge in [0.2, 0.25) is 5.91 Å². The second-order valence-corrected chi connectivity index (χ2v) is 5.06. The third kappa shape index (κ3) is 5.31. The summed E-state index contributed by atoms with van der Waals surface area (Å²) in [6, 6.07) is 19.8. The summed E-state index contributed by atoms with van der Waals surface area (Å²) in [5, 5.41) is 0. The van der Waals surface area contributed by atoms with Gasteiger partial charge in [0.25, 0.3) is 0 Å². The largest absolute Gasteiger partial charge is 0.348 e. The first-order valence-corrected chi connectivity index (χ1v) is 7.33. The summed E-state index contributed by atoms with van der Waals surface area (Å²) in [5.41, 5.74) is 11.9.